The number of nitrogens with zero attached hydrogens (tertiary/aromatic N) is 5. The van der Waals surface area contributed by atoms with Gasteiger partial charge in [0.2, 0.25) is 0 Å². The predicted octanol–water partition coefficient (Wildman–Crippen LogP) is 2.75. The van der Waals surface area contributed by atoms with Gasteiger partial charge in [-0.15, -0.1) is 5.10 Å². The van der Waals surface area contributed by atoms with E-state index in [2.05, 4.69) is 22.6 Å². The molecule has 2 aliphatic rings. The summed E-state index contributed by atoms with van der Waals surface area (Å²) >= 11 is 1.51. The summed E-state index contributed by atoms with van der Waals surface area (Å²) in [6.07, 6.45) is -0.933. The summed E-state index contributed by atoms with van der Waals surface area (Å²) in [5.74, 6) is 0.886. The molecule has 2 aromatic heterocycles. The highest BCUT2D eigenvalue weighted by molar-refractivity contribution is 7.99. The van der Waals surface area contributed by atoms with Gasteiger partial charge in [0, 0.05) is 31.1 Å². The van der Waals surface area contributed by atoms with Crippen LogP contribution in [0.1, 0.15) is 56.2 Å². The molecule has 11 nitrogen and oxygen atoms in total. The van der Waals surface area contributed by atoms with Crippen LogP contribution in [0.3, 0.4) is 0 Å². The van der Waals surface area contributed by atoms with Gasteiger partial charge in [0.05, 0.1) is 18.8 Å². The number of rotatable bonds is 11. The number of thioether (sulfide) groups is 1. The molecular formula is C26H33FN6O5S. The summed E-state index contributed by atoms with van der Waals surface area (Å²) in [5, 5.41) is 34.1. The number of carbonyl (C=O) groups is 1. The Kier molecular flexibility index (Phi) is 8.31. The second-order valence-electron chi connectivity index (χ2n) is 10.0. The maximum atomic E-state index is 14.1. The molecule has 3 N–H and O–H groups in total. The fourth-order valence-corrected chi connectivity index (χ4v) is 5.58. The monoisotopic (exact) mass is 560 g/mol. The first-order valence-electron chi connectivity index (χ1n) is 13.2. The molecular weight excluding hydrogens is 527 g/mol. The maximum Gasteiger partial charge on any atom is 0.302 e. The van der Waals surface area contributed by atoms with Crippen LogP contribution in [0.4, 0.5) is 10.2 Å². The predicted molar refractivity (Wildman–Crippen MR) is 142 cm³/mol. The largest absolute Gasteiger partial charge is 0.463 e. The summed E-state index contributed by atoms with van der Waals surface area (Å²) in [4.78, 5) is 20.4. The van der Waals surface area contributed by atoms with Crippen LogP contribution in [0.15, 0.2) is 23.4 Å². The molecule has 2 saturated carbocycles. The van der Waals surface area contributed by atoms with Crippen molar-refractivity contribution < 1.29 is 28.9 Å². The zero-order chi connectivity index (χ0) is 27.7. The van der Waals surface area contributed by atoms with E-state index in [9.17, 15) is 19.4 Å². The van der Waals surface area contributed by atoms with E-state index in [-0.39, 0.29) is 37.4 Å². The quantitative estimate of drug-likeness (QED) is 0.138. The lowest BCUT2D eigenvalue weighted by Gasteiger charge is -2.17. The molecule has 0 radical (unpaired) electrons. The number of benzene rings is 1. The van der Waals surface area contributed by atoms with Gasteiger partial charge >= 0.3 is 5.97 Å². The Labute approximate surface area is 229 Å². The van der Waals surface area contributed by atoms with Gasteiger partial charge in [-0.2, -0.15) is 0 Å². The smallest absolute Gasteiger partial charge is 0.302 e. The summed E-state index contributed by atoms with van der Waals surface area (Å²) in [7, 11) is 0. The molecule has 0 amide bonds. The van der Waals surface area contributed by atoms with E-state index in [0.29, 0.717) is 27.7 Å². The molecule has 0 bridgehead atoms. The number of carbonyl (C=O) groups excluding carboxylic acids is 1. The zero-order valence-corrected chi connectivity index (χ0v) is 22.9. The molecule has 3 aromatic rings. The van der Waals surface area contributed by atoms with E-state index < -0.39 is 30.3 Å². The number of fused-ring (bicyclic) bond motifs is 1. The lowest BCUT2D eigenvalue weighted by Crippen LogP contribution is -2.33. The van der Waals surface area contributed by atoms with Crippen LogP contribution < -0.4 is 5.32 Å². The van der Waals surface area contributed by atoms with Gasteiger partial charge in [0.1, 0.15) is 24.6 Å². The Balaban J connectivity index is 1.37. The van der Waals surface area contributed by atoms with Crippen LogP contribution in [0.5, 0.6) is 0 Å². The van der Waals surface area contributed by atoms with Gasteiger partial charge in [0.15, 0.2) is 22.1 Å². The fraction of sp³-hybridized carbons (Fsp3) is 0.577. The van der Waals surface area contributed by atoms with Crippen molar-refractivity contribution in [3.8, 4) is 0 Å². The fourth-order valence-electron chi connectivity index (χ4n) is 4.89. The number of aliphatic hydroxyl groups is 2. The van der Waals surface area contributed by atoms with E-state index in [4.69, 9.17) is 19.4 Å². The topological polar surface area (TPSA) is 145 Å². The second kappa shape index (κ2) is 11.7. The molecule has 6 unspecified atom stereocenters. The number of anilines is 1. The number of aromatic nitrogens is 5. The number of aryl methyl sites for hydroxylation is 1. The Morgan fingerprint density at radius 3 is 2.79 bits per heavy atom. The lowest BCUT2D eigenvalue weighted by atomic mass is 10.1. The Morgan fingerprint density at radius 2 is 2.05 bits per heavy atom. The third-order valence-corrected chi connectivity index (χ3v) is 8.16. The van der Waals surface area contributed by atoms with Crippen molar-refractivity contribution in [3.63, 3.8) is 0 Å². The van der Waals surface area contributed by atoms with Gasteiger partial charge in [-0.05, 0) is 37.0 Å². The molecule has 39 heavy (non-hydrogen) atoms. The highest BCUT2D eigenvalue weighted by Gasteiger charge is 2.45. The Bertz CT molecular complexity index is 1340. The molecule has 5 rings (SSSR count). The number of hydrogen-bond donors (Lipinski definition) is 3. The first kappa shape index (κ1) is 27.7. The molecule has 2 heterocycles. The maximum absolute atomic E-state index is 14.1. The molecule has 0 spiro atoms. The van der Waals surface area contributed by atoms with Crippen LogP contribution in [0.2, 0.25) is 0 Å². The number of aliphatic hydroxyl groups excluding tert-OH is 2. The summed E-state index contributed by atoms with van der Waals surface area (Å²) < 4.78 is 26.2. The van der Waals surface area contributed by atoms with E-state index in [0.717, 1.165) is 24.2 Å². The standard InChI is InChI=1S/C26H33FN6O5S/c1-4-9-39-26-29-24(28-18-11-16(18)15-6-5-13(2)17(27)10-15)21-25(30-26)33(32-31-21)19-12-20(23(36)22(19)35)38-8-7-37-14(3)34/h5-6,10,16,18-20,22-23,35-36H,4,7-9,11-12H2,1-3H3,(H,28,29,30). The van der Waals surface area contributed by atoms with E-state index in [1.807, 2.05) is 6.07 Å². The van der Waals surface area contributed by atoms with Crippen molar-refractivity contribution in [2.75, 3.05) is 24.3 Å². The van der Waals surface area contributed by atoms with Crippen molar-refractivity contribution in [3.05, 3.63) is 35.1 Å². The SMILES string of the molecule is CCCSc1nc(NC2CC2c2ccc(C)c(F)c2)c2nnn(C3CC(OCCOC(C)=O)C(O)C3O)c2n1. The van der Waals surface area contributed by atoms with Gasteiger partial charge in [-0.3, -0.25) is 4.79 Å². The van der Waals surface area contributed by atoms with Crippen molar-refractivity contribution in [1.29, 1.82) is 0 Å². The third-order valence-electron chi connectivity index (χ3n) is 7.11. The minimum Gasteiger partial charge on any atom is -0.463 e. The number of hydrogen-bond acceptors (Lipinski definition) is 11. The third kappa shape index (κ3) is 6.01. The van der Waals surface area contributed by atoms with Crippen molar-refractivity contribution >= 4 is 34.7 Å². The van der Waals surface area contributed by atoms with Crippen molar-refractivity contribution in [2.45, 2.75) is 81.5 Å². The molecule has 2 aliphatic carbocycles. The average molecular weight is 561 g/mol. The summed E-state index contributed by atoms with van der Waals surface area (Å²) in [5.41, 5.74) is 2.46. The van der Waals surface area contributed by atoms with Crippen LogP contribution in [0.25, 0.3) is 11.2 Å². The van der Waals surface area contributed by atoms with Gasteiger partial charge in [-0.25, -0.2) is 19.0 Å². The van der Waals surface area contributed by atoms with Gasteiger partial charge < -0.3 is 25.0 Å². The number of halogens is 1. The van der Waals surface area contributed by atoms with Crippen LogP contribution in [-0.2, 0) is 14.3 Å². The summed E-state index contributed by atoms with van der Waals surface area (Å²) in [6, 6.07) is 4.78. The van der Waals surface area contributed by atoms with Crippen LogP contribution in [-0.4, -0.2) is 84.5 Å². The average Bonchev–Trinajstić information content (AvgIpc) is 3.45. The van der Waals surface area contributed by atoms with Crippen LogP contribution in [0, 0.1) is 12.7 Å². The van der Waals surface area contributed by atoms with Crippen molar-refractivity contribution in [2.24, 2.45) is 0 Å². The molecule has 0 saturated heterocycles. The summed E-state index contributed by atoms with van der Waals surface area (Å²) in [6.45, 7) is 5.28. The van der Waals surface area contributed by atoms with Crippen LogP contribution >= 0.6 is 11.8 Å². The molecule has 0 aliphatic heterocycles. The van der Waals surface area contributed by atoms with Gasteiger partial charge in [-0.1, -0.05) is 36.0 Å². The molecule has 1 aromatic carbocycles. The minimum atomic E-state index is -1.16. The normalized spacial score (nSPS) is 26.2. The molecule has 13 heteroatoms. The Morgan fingerprint density at radius 1 is 1.23 bits per heavy atom. The number of esters is 1. The zero-order valence-electron chi connectivity index (χ0n) is 22.1. The molecule has 6 atom stereocenters. The second-order valence-corrected chi connectivity index (χ2v) is 11.1. The highest BCUT2D eigenvalue weighted by Crippen LogP contribution is 2.44. The highest BCUT2D eigenvalue weighted by atomic mass is 32.2. The van der Waals surface area contributed by atoms with Gasteiger partial charge in [0.25, 0.3) is 0 Å². The molecule has 210 valence electrons. The van der Waals surface area contributed by atoms with E-state index in [1.54, 1.807) is 19.1 Å². The first-order chi connectivity index (χ1) is 18.8. The number of ether oxygens (including phenoxy) is 2. The minimum absolute atomic E-state index is 0.0588. The lowest BCUT2D eigenvalue weighted by molar-refractivity contribution is -0.144. The first-order valence-corrected chi connectivity index (χ1v) is 14.1. The van der Waals surface area contributed by atoms with E-state index in [1.165, 1.54) is 23.4 Å². The van der Waals surface area contributed by atoms with E-state index >= 15 is 0 Å². The number of nitrogens with one attached hydrogen (secondary N) is 1. The Hall–Kier alpha value is -2.87. The molecule has 2 fully saturated rings. The van der Waals surface area contributed by atoms with Crippen molar-refractivity contribution in [1.82, 2.24) is 25.0 Å².